The van der Waals surface area contributed by atoms with Crippen LogP contribution in [0.5, 0.6) is 0 Å². The summed E-state index contributed by atoms with van der Waals surface area (Å²) in [4.78, 5) is 5.58. The first-order valence-corrected chi connectivity index (χ1v) is 9.22. The molecule has 106 valence electrons. The summed E-state index contributed by atoms with van der Waals surface area (Å²) in [6.45, 7) is 1.73. The van der Waals surface area contributed by atoms with Crippen LogP contribution < -0.4 is 10.0 Å². The van der Waals surface area contributed by atoms with Crippen molar-refractivity contribution in [1.29, 1.82) is 0 Å². The summed E-state index contributed by atoms with van der Waals surface area (Å²) in [5, 5.41) is 3.58. The van der Waals surface area contributed by atoms with Crippen LogP contribution >= 0.6 is 11.3 Å². The van der Waals surface area contributed by atoms with Gasteiger partial charge in [-0.2, -0.15) is 0 Å². The lowest BCUT2D eigenvalue weighted by molar-refractivity contribution is 0.486. The van der Waals surface area contributed by atoms with E-state index in [2.05, 4.69) is 15.0 Å². The van der Waals surface area contributed by atoms with Crippen LogP contribution in [0.1, 0.15) is 42.7 Å². The molecule has 3 rings (SSSR count). The minimum absolute atomic E-state index is 0.236. The van der Waals surface area contributed by atoms with Gasteiger partial charge in [0.15, 0.2) is 5.13 Å². The molecule has 2 heterocycles. The number of hydrogen-bond acceptors (Lipinski definition) is 5. The van der Waals surface area contributed by atoms with Gasteiger partial charge >= 0.3 is 0 Å². The van der Waals surface area contributed by atoms with Crippen molar-refractivity contribution in [2.24, 2.45) is 0 Å². The highest BCUT2D eigenvalue weighted by atomic mass is 32.2. The van der Waals surface area contributed by atoms with Crippen LogP contribution in [0.4, 0.5) is 5.13 Å². The van der Waals surface area contributed by atoms with Crippen molar-refractivity contribution in [3.63, 3.8) is 0 Å². The second kappa shape index (κ2) is 5.38. The number of nitrogens with one attached hydrogen (secondary N) is 2. The minimum atomic E-state index is -3.26. The van der Waals surface area contributed by atoms with Crippen LogP contribution in [0.2, 0.25) is 0 Å². The Morgan fingerprint density at radius 2 is 2.05 bits per heavy atom. The van der Waals surface area contributed by atoms with E-state index in [0.29, 0.717) is 5.13 Å². The van der Waals surface area contributed by atoms with Gasteiger partial charge in [-0.3, -0.25) is 4.72 Å². The average molecular weight is 301 g/mol. The first kappa shape index (κ1) is 13.3. The fraction of sp³-hybridized carbons (Fsp3) is 0.750. The molecule has 2 N–H and O–H groups in total. The highest BCUT2D eigenvalue weighted by molar-refractivity contribution is 7.93. The average Bonchev–Trinajstić information content (AvgIpc) is 2.81. The molecule has 0 atom stereocenters. The van der Waals surface area contributed by atoms with Gasteiger partial charge in [-0.25, -0.2) is 13.4 Å². The van der Waals surface area contributed by atoms with Crippen LogP contribution in [0.15, 0.2) is 0 Å². The lowest BCUT2D eigenvalue weighted by Gasteiger charge is -2.21. The predicted octanol–water partition coefficient (Wildman–Crippen LogP) is 1.86. The van der Waals surface area contributed by atoms with Crippen molar-refractivity contribution in [1.82, 2.24) is 10.3 Å². The van der Waals surface area contributed by atoms with Crippen LogP contribution in [0, 0.1) is 0 Å². The van der Waals surface area contributed by atoms with Crippen LogP contribution in [0.25, 0.3) is 0 Å². The Kier molecular flexibility index (Phi) is 3.77. The quantitative estimate of drug-likeness (QED) is 0.894. The Bertz CT molecular complexity index is 524. The molecule has 1 saturated carbocycles. The number of aromatic nitrogens is 1. The number of anilines is 1. The van der Waals surface area contributed by atoms with Crippen LogP contribution in [-0.4, -0.2) is 25.2 Å². The first-order valence-electron chi connectivity index (χ1n) is 6.86. The maximum atomic E-state index is 12.3. The van der Waals surface area contributed by atoms with Gasteiger partial charge in [-0.05, 0) is 12.8 Å². The van der Waals surface area contributed by atoms with Crippen molar-refractivity contribution < 1.29 is 8.42 Å². The van der Waals surface area contributed by atoms with Crippen molar-refractivity contribution in [3.05, 3.63) is 10.6 Å². The first-order chi connectivity index (χ1) is 9.15. The zero-order chi connectivity index (χ0) is 13.3. The maximum Gasteiger partial charge on any atom is 0.237 e. The fourth-order valence-electron chi connectivity index (χ4n) is 2.75. The third kappa shape index (κ3) is 2.93. The summed E-state index contributed by atoms with van der Waals surface area (Å²) in [5.41, 5.74) is 1.05. The van der Waals surface area contributed by atoms with E-state index in [-0.39, 0.29) is 5.25 Å². The maximum absolute atomic E-state index is 12.3. The van der Waals surface area contributed by atoms with Crippen LogP contribution in [-0.2, 0) is 23.0 Å². The molecule has 0 amide bonds. The summed E-state index contributed by atoms with van der Waals surface area (Å²) < 4.78 is 27.3. The van der Waals surface area contributed by atoms with Crippen molar-refractivity contribution in [3.8, 4) is 0 Å². The van der Waals surface area contributed by atoms with E-state index in [1.807, 2.05) is 0 Å². The van der Waals surface area contributed by atoms with Gasteiger partial charge in [0.25, 0.3) is 0 Å². The molecule has 5 nitrogen and oxygen atoms in total. The summed E-state index contributed by atoms with van der Waals surface area (Å²) in [6, 6.07) is 0. The molecule has 0 bridgehead atoms. The number of hydrogen-bond donors (Lipinski definition) is 2. The standard InChI is InChI=1S/C12H19N3O2S2/c16-19(17,9-4-2-1-3-5-9)15-12-14-10-6-7-13-8-11(10)18-12/h9,13H,1-8H2,(H,14,15). The molecule has 1 aromatic rings. The van der Waals surface area contributed by atoms with Crippen molar-refractivity contribution in [2.75, 3.05) is 11.3 Å². The third-order valence-electron chi connectivity index (χ3n) is 3.82. The third-order valence-corrected chi connectivity index (χ3v) is 6.79. The summed E-state index contributed by atoms with van der Waals surface area (Å²) >= 11 is 1.46. The molecule has 2 aliphatic rings. The Balaban J connectivity index is 1.74. The van der Waals surface area contributed by atoms with Gasteiger partial charge in [0.05, 0.1) is 10.9 Å². The topological polar surface area (TPSA) is 71.1 Å². The molecule has 1 fully saturated rings. The van der Waals surface area contributed by atoms with Gasteiger partial charge < -0.3 is 5.32 Å². The number of nitrogens with zero attached hydrogens (tertiary/aromatic N) is 1. The monoisotopic (exact) mass is 301 g/mol. The molecular weight excluding hydrogens is 282 g/mol. The van der Waals surface area contributed by atoms with E-state index in [9.17, 15) is 8.42 Å². The summed E-state index contributed by atoms with van der Waals surface area (Å²) in [6.07, 6.45) is 5.64. The fourth-order valence-corrected chi connectivity index (χ4v) is 5.50. The minimum Gasteiger partial charge on any atom is -0.311 e. The summed E-state index contributed by atoms with van der Waals surface area (Å²) in [5.74, 6) is 0. The molecule has 0 radical (unpaired) electrons. The lowest BCUT2D eigenvalue weighted by atomic mass is 10.0. The number of sulfonamides is 1. The Hall–Kier alpha value is -0.660. The molecule has 0 spiro atoms. The van der Waals surface area contributed by atoms with Gasteiger partial charge in [0, 0.05) is 24.4 Å². The lowest BCUT2D eigenvalue weighted by Crippen LogP contribution is -2.29. The highest BCUT2D eigenvalue weighted by Crippen LogP contribution is 2.29. The smallest absolute Gasteiger partial charge is 0.237 e. The molecule has 7 heteroatoms. The Morgan fingerprint density at radius 3 is 2.79 bits per heavy atom. The number of thiazole rings is 1. The normalized spacial score (nSPS) is 21.1. The predicted molar refractivity (Wildman–Crippen MR) is 76.9 cm³/mol. The zero-order valence-electron chi connectivity index (χ0n) is 10.8. The van der Waals surface area contributed by atoms with Crippen molar-refractivity contribution in [2.45, 2.75) is 50.3 Å². The Labute approximate surface area is 117 Å². The second-order valence-electron chi connectivity index (χ2n) is 5.22. The van der Waals surface area contributed by atoms with E-state index < -0.39 is 10.0 Å². The van der Waals surface area contributed by atoms with Crippen LogP contribution in [0.3, 0.4) is 0 Å². The van der Waals surface area contributed by atoms with E-state index in [4.69, 9.17) is 0 Å². The van der Waals surface area contributed by atoms with E-state index >= 15 is 0 Å². The molecule has 19 heavy (non-hydrogen) atoms. The highest BCUT2D eigenvalue weighted by Gasteiger charge is 2.28. The van der Waals surface area contributed by atoms with Gasteiger partial charge in [-0.15, -0.1) is 0 Å². The number of rotatable bonds is 3. The van der Waals surface area contributed by atoms with Crippen molar-refractivity contribution >= 4 is 26.5 Å². The molecular formula is C12H19N3O2S2. The zero-order valence-corrected chi connectivity index (χ0v) is 12.4. The molecule has 1 aliphatic carbocycles. The molecule has 0 unspecified atom stereocenters. The molecule has 0 saturated heterocycles. The second-order valence-corrected chi connectivity index (χ2v) is 8.27. The van der Waals surface area contributed by atoms with Gasteiger partial charge in [0.1, 0.15) is 0 Å². The molecule has 1 aliphatic heterocycles. The van der Waals surface area contributed by atoms with Gasteiger partial charge in [-0.1, -0.05) is 30.6 Å². The molecule has 0 aromatic carbocycles. The Morgan fingerprint density at radius 1 is 1.26 bits per heavy atom. The SMILES string of the molecule is O=S(=O)(Nc1nc2c(s1)CNCC2)C1CCCCC1. The number of fused-ring (bicyclic) bond motifs is 1. The molecule has 1 aromatic heterocycles. The van der Waals surface area contributed by atoms with Gasteiger partial charge in [0.2, 0.25) is 10.0 Å². The van der Waals surface area contributed by atoms with E-state index in [1.165, 1.54) is 11.3 Å². The van der Waals surface area contributed by atoms with E-state index in [1.54, 1.807) is 0 Å². The summed E-state index contributed by atoms with van der Waals surface area (Å²) in [7, 11) is -3.26. The largest absolute Gasteiger partial charge is 0.311 e. The van der Waals surface area contributed by atoms with E-state index in [0.717, 1.165) is 62.2 Å².